The summed E-state index contributed by atoms with van der Waals surface area (Å²) in [5.74, 6) is 2.70. The molecular weight excluding hydrogens is 233 g/mol. The molecule has 1 N–H and O–H groups in total. The third-order valence-corrected chi connectivity index (χ3v) is 3.91. The fourth-order valence-corrected chi connectivity index (χ4v) is 2.82. The van der Waals surface area contributed by atoms with E-state index in [4.69, 9.17) is 0 Å². The van der Waals surface area contributed by atoms with Gasteiger partial charge in [-0.05, 0) is 35.9 Å². The molecule has 0 amide bonds. The smallest absolute Gasteiger partial charge is 0.123 e. The van der Waals surface area contributed by atoms with Crippen LogP contribution in [0.4, 0.5) is 4.39 Å². The molecule has 0 heterocycles. The molecule has 0 saturated carbocycles. The maximum atomic E-state index is 13.2. The van der Waals surface area contributed by atoms with Gasteiger partial charge in [-0.3, -0.25) is 0 Å². The second-order valence-corrected chi connectivity index (χ2v) is 5.67. The highest BCUT2D eigenvalue weighted by atomic mass is 32.2. The van der Waals surface area contributed by atoms with Crippen molar-refractivity contribution in [2.45, 2.75) is 26.8 Å². The van der Waals surface area contributed by atoms with Crippen LogP contribution in [0.2, 0.25) is 0 Å². The molecule has 0 aliphatic heterocycles. The predicted octanol–water partition coefficient (Wildman–Crippen LogP) is 3.87. The van der Waals surface area contributed by atoms with Crippen LogP contribution in [0.25, 0.3) is 0 Å². The third-order valence-electron chi connectivity index (χ3n) is 2.44. The molecule has 0 fully saturated rings. The Bertz CT molecular complexity index is 328. The van der Waals surface area contributed by atoms with E-state index in [1.807, 2.05) is 17.8 Å². The maximum absolute atomic E-state index is 13.2. The first-order valence-corrected chi connectivity index (χ1v) is 7.35. The summed E-state index contributed by atoms with van der Waals surface area (Å²) in [4.78, 5) is 0. The third kappa shape index (κ3) is 5.55. The molecule has 0 aromatic heterocycles. The van der Waals surface area contributed by atoms with E-state index >= 15 is 0 Å². The fraction of sp³-hybridized carbons (Fsp3) is 0.571. The molecule has 0 aliphatic rings. The van der Waals surface area contributed by atoms with Crippen LogP contribution < -0.4 is 5.32 Å². The Kier molecular flexibility index (Phi) is 6.60. The number of hydrogen-bond donors (Lipinski definition) is 1. The number of nitrogens with one attached hydrogen (secondary N) is 1. The van der Waals surface area contributed by atoms with Gasteiger partial charge in [0.2, 0.25) is 0 Å². The average Bonchev–Trinajstić information content (AvgIpc) is 2.27. The minimum atomic E-state index is -0.153. The summed E-state index contributed by atoms with van der Waals surface area (Å²) in [5.41, 5.74) is 1.04. The van der Waals surface area contributed by atoms with Crippen molar-refractivity contribution in [3.63, 3.8) is 0 Å². The van der Waals surface area contributed by atoms with E-state index in [1.165, 1.54) is 6.07 Å². The molecule has 0 saturated heterocycles. The summed E-state index contributed by atoms with van der Waals surface area (Å²) in [6, 6.07) is 7.14. The Morgan fingerprint density at radius 2 is 2.06 bits per heavy atom. The predicted molar refractivity (Wildman–Crippen MR) is 75.0 cm³/mol. The van der Waals surface area contributed by atoms with Crippen LogP contribution in [0.3, 0.4) is 0 Å². The van der Waals surface area contributed by atoms with Crippen molar-refractivity contribution in [1.82, 2.24) is 5.32 Å². The lowest BCUT2D eigenvalue weighted by Crippen LogP contribution is -2.23. The van der Waals surface area contributed by atoms with Crippen LogP contribution in [-0.2, 0) is 0 Å². The van der Waals surface area contributed by atoms with Gasteiger partial charge >= 0.3 is 0 Å². The lowest BCUT2D eigenvalue weighted by molar-refractivity contribution is 0.588. The number of rotatable bonds is 7. The molecule has 1 aromatic carbocycles. The molecule has 96 valence electrons. The van der Waals surface area contributed by atoms with Gasteiger partial charge in [0.25, 0.3) is 0 Å². The van der Waals surface area contributed by atoms with Crippen molar-refractivity contribution in [2.75, 3.05) is 18.1 Å². The van der Waals surface area contributed by atoms with Crippen LogP contribution in [-0.4, -0.2) is 18.1 Å². The molecule has 1 rings (SSSR count). The first-order chi connectivity index (χ1) is 8.13. The summed E-state index contributed by atoms with van der Waals surface area (Å²) in [6.45, 7) is 7.43. The summed E-state index contributed by atoms with van der Waals surface area (Å²) in [5, 5.41) is 3.41. The molecule has 0 spiro atoms. The number of thioether (sulfide) groups is 1. The van der Waals surface area contributed by atoms with E-state index in [2.05, 4.69) is 26.1 Å². The van der Waals surface area contributed by atoms with Crippen LogP contribution in [0.15, 0.2) is 24.3 Å². The van der Waals surface area contributed by atoms with Gasteiger partial charge in [-0.25, -0.2) is 4.39 Å². The minimum absolute atomic E-state index is 0.153. The molecule has 0 radical (unpaired) electrons. The van der Waals surface area contributed by atoms with Crippen molar-refractivity contribution < 1.29 is 4.39 Å². The Hall–Kier alpha value is -0.540. The van der Waals surface area contributed by atoms with E-state index in [0.29, 0.717) is 5.92 Å². The molecule has 1 nitrogen and oxygen atoms in total. The Labute approximate surface area is 108 Å². The van der Waals surface area contributed by atoms with E-state index in [-0.39, 0.29) is 11.9 Å². The van der Waals surface area contributed by atoms with E-state index < -0.39 is 0 Å². The van der Waals surface area contributed by atoms with Gasteiger partial charge in [-0.1, -0.05) is 32.9 Å². The minimum Gasteiger partial charge on any atom is -0.310 e. The SMILES string of the molecule is CCNC(CSCC(C)C)c1cccc(F)c1. The fourth-order valence-electron chi connectivity index (χ4n) is 1.66. The van der Waals surface area contributed by atoms with Gasteiger partial charge in [-0.2, -0.15) is 11.8 Å². The number of benzene rings is 1. The second kappa shape index (κ2) is 7.72. The topological polar surface area (TPSA) is 12.0 Å². The highest BCUT2D eigenvalue weighted by Gasteiger charge is 2.11. The molecular formula is C14H22FNS. The number of halogens is 1. The Morgan fingerprint density at radius 3 is 2.65 bits per heavy atom. The van der Waals surface area contributed by atoms with Crippen molar-refractivity contribution >= 4 is 11.8 Å². The van der Waals surface area contributed by atoms with Crippen molar-refractivity contribution in [3.05, 3.63) is 35.6 Å². The van der Waals surface area contributed by atoms with Crippen molar-refractivity contribution in [2.24, 2.45) is 5.92 Å². The van der Waals surface area contributed by atoms with Gasteiger partial charge in [0.15, 0.2) is 0 Å². The second-order valence-electron chi connectivity index (χ2n) is 4.60. The van der Waals surface area contributed by atoms with Gasteiger partial charge in [0.1, 0.15) is 5.82 Å². The zero-order chi connectivity index (χ0) is 12.7. The van der Waals surface area contributed by atoms with Crippen molar-refractivity contribution in [1.29, 1.82) is 0 Å². The molecule has 0 bridgehead atoms. The summed E-state index contributed by atoms with van der Waals surface area (Å²) < 4.78 is 13.2. The molecule has 17 heavy (non-hydrogen) atoms. The lowest BCUT2D eigenvalue weighted by atomic mass is 10.1. The zero-order valence-corrected chi connectivity index (χ0v) is 11.7. The van der Waals surface area contributed by atoms with Crippen LogP contribution in [0, 0.1) is 11.7 Å². The summed E-state index contributed by atoms with van der Waals surface area (Å²) in [6.07, 6.45) is 0. The molecule has 1 aromatic rings. The maximum Gasteiger partial charge on any atom is 0.123 e. The first-order valence-electron chi connectivity index (χ1n) is 6.20. The molecule has 1 unspecified atom stereocenters. The first kappa shape index (κ1) is 14.5. The van der Waals surface area contributed by atoms with Gasteiger partial charge in [0, 0.05) is 11.8 Å². The molecule has 0 aliphatic carbocycles. The molecule has 3 heteroatoms. The van der Waals surface area contributed by atoms with Gasteiger partial charge in [0.05, 0.1) is 0 Å². The average molecular weight is 255 g/mol. The van der Waals surface area contributed by atoms with E-state index in [9.17, 15) is 4.39 Å². The van der Waals surface area contributed by atoms with Crippen LogP contribution in [0.5, 0.6) is 0 Å². The van der Waals surface area contributed by atoms with E-state index in [0.717, 1.165) is 23.6 Å². The van der Waals surface area contributed by atoms with Crippen LogP contribution in [0.1, 0.15) is 32.4 Å². The van der Waals surface area contributed by atoms with E-state index in [1.54, 1.807) is 12.1 Å². The zero-order valence-electron chi connectivity index (χ0n) is 10.9. The standard InChI is InChI=1S/C14H22FNS/c1-4-16-14(10-17-9-11(2)3)12-6-5-7-13(15)8-12/h5-8,11,14,16H,4,9-10H2,1-3H3. The Balaban J connectivity index is 2.58. The van der Waals surface area contributed by atoms with Crippen molar-refractivity contribution in [3.8, 4) is 0 Å². The highest BCUT2D eigenvalue weighted by molar-refractivity contribution is 7.99. The summed E-state index contributed by atoms with van der Waals surface area (Å²) in [7, 11) is 0. The van der Waals surface area contributed by atoms with Gasteiger partial charge < -0.3 is 5.32 Å². The number of hydrogen-bond acceptors (Lipinski definition) is 2. The normalized spacial score (nSPS) is 13.0. The quantitative estimate of drug-likeness (QED) is 0.794. The largest absolute Gasteiger partial charge is 0.310 e. The Morgan fingerprint density at radius 1 is 1.29 bits per heavy atom. The molecule has 1 atom stereocenters. The highest BCUT2D eigenvalue weighted by Crippen LogP contribution is 2.20. The monoisotopic (exact) mass is 255 g/mol. The van der Waals surface area contributed by atoms with Gasteiger partial charge in [-0.15, -0.1) is 0 Å². The lowest BCUT2D eigenvalue weighted by Gasteiger charge is -2.18. The summed E-state index contributed by atoms with van der Waals surface area (Å²) >= 11 is 1.93. The van der Waals surface area contributed by atoms with Crippen LogP contribution >= 0.6 is 11.8 Å².